The molecule has 0 atom stereocenters. The van der Waals surface area contributed by atoms with Crippen molar-refractivity contribution in [2.75, 3.05) is 12.0 Å². The van der Waals surface area contributed by atoms with Crippen molar-refractivity contribution >= 4 is 41.2 Å². The van der Waals surface area contributed by atoms with Gasteiger partial charge in [0.2, 0.25) is 0 Å². The second kappa shape index (κ2) is 9.68. The van der Waals surface area contributed by atoms with Gasteiger partial charge in [-0.2, -0.15) is 0 Å². The molecule has 1 heterocycles. The van der Waals surface area contributed by atoms with Crippen molar-refractivity contribution in [3.63, 3.8) is 0 Å². The third kappa shape index (κ3) is 4.87. The first-order valence-corrected chi connectivity index (χ1v) is 10.5. The lowest BCUT2D eigenvalue weighted by molar-refractivity contribution is -0.122. The van der Waals surface area contributed by atoms with E-state index in [0.717, 1.165) is 10.5 Å². The number of ether oxygens (including phenoxy) is 2. The van der Waals surface area contributed by atoms with Gasteiger partial charge in [-0.1, -0.05) is 29.8 Å². The van der Waals surface area contributed by atoms with Crippen LogP contribution in [0.2, 0.25) is 5.02 Å². The molecule has 0 saturated carbocycles. The van der Waals surface area contributed by atoms with E-state index in [0.29, 0.717) is 22.9 Å². The van der Waals surface area contributed by atoms with Crippen molar-refractivity contribution in [2.45, 2.75) is 6.61 Å². The molecule has 0 aliphatic carbocycles. The maximum Gasteiger partial charge on any atom is 0.335 e. The Balaban J connectivity index is 1.53. The molecule has 34 heavy (non-hydrogen) atoms. The number of halogens is 1. The molecule has 0 bridgehead atoms. The molecule has 1 aliphatic rings. The van der Waals surface area contributed by atoms with Crippen molar-refractivity contribution in [2.24, 2.45) is 0 Å². The van der Waals surface area contributed by atoms with Gasteiger partial charge >= 0.3 is 6.03 Å². The number of nitrogens with one attached hydrogen (secondary N) is 1. The molecule has 0 aromatic heterocycles. The predicted octanol–water partition coefficient (Wildman–Crippen LogP) is 4.30. The lowest BCUT2D eigenvalue weighted by Gasteiger charge is -2.26. The second-order valence-electron chi connectivity index (χ2n) is 7.30. The molecule has 4 rings (SSSR count). The van der Waals surface area contributed by atoms with Crippen LogP contribution < -0.4 is 19.7 Å². The smallest absolute Gasteiger partial charge is 0.335 e. The van der Waals surface area contributed by atoms with Crippen LogP contribution in [-0.4, -0.2) is 30.1 Å². The van der Waals surface area contributed by atoms with Gasteiger partial charge in [0.1, 0.15) is 17.9 Å². The highest BCUT2D eigenvalue weighted by Gasteiger charge is 2.36. The molecule has 3 aromatic rings. The number of anilines is 1. The summed E-state index contributed by atoms with van der Waals surface area (Å²) in [5.41, 5.74) is 1.39. The number of benzene rings is 3. The van der Waals surface area contributed by atoms with Gasteiger partial charge in [0.25, 0.3) is 11.8 Å². The number of phenols is 1. The van der Waals surface area contributed by atoms with Gasteiger partial charge in [-0.25, -0.2) is 9.69 Å². The van der Waals surface area contributed by atoms with Crippen LogP contribution in [0, 0.1) is 0 Å². The van der Waals surface area contributed by atoms with Crippen molar-refractivity contribution < 1.29 is 29.0 Å². The summed E-state index contributed by atoms with van der Waals surface area (Å²) in [4.78, 5) is 38.7. The fourth-order valence-corrected chi connectivity index (χ4v) is 3.41. The van der Waals surface area contributed by atoms with Crippen LogP contribution in [0.15, 0.2) is 72.3 Å². The summed E-state index contributed by atoms with van der Waals surface area (Å²) < 4.78 is 10.8. The Labute approximate surface area is 200 Å². The van der Waals surface area contributed by atoms with Gasteiger partial charge in [-0.3, -0.25) is 14.9 Å². The highest BCUT2D eigenvalue weighted by Crippen LogP contribution is 2.29. The minimum absolute atomic E-state index is 0.0840. The molecule has 3 aromatic carbocycles. The van der Waals surface area contributed by atoms with Gasteiger partial charge in [-0.05, 0) is 65.7 Å². The minimum atomic E-state index is -0.856. The van der Waals surface area contributed by atoms with E-state index in [4.69, 9.17) is 21.1 Å². The average Bonchev–Trinajstić information content (AvgIpc) is 2.83. The molecule has 8 nitrogen and oxygen atoms in total. The summed E-state index contributed by atoms with van der Waals surface area (Å²) >= 11 is 5.88. The van der Waals surface area contributed by atoms with Gasteiger partial charge in [-0.15, -0.1) is 0 Å². The number of carbonyl (C=O) groups excluding carboxylic acids is 3. The van der Waals surface area contributed by atoms with E-state index in [1.54, 1.807) is 36.4 Å². The second-order valence-corrected chi connectivity index (χ2v) is 7.73. The number of imide groups is 2. The number of nitrogens with zero attached hydrogens (tertiary/aromatic N) is 1. The van der Waals surface area contributed by atoms with Crippen LogP contribution in [0.25, 0.3) is 6.08 Å². The van der Waals surface area contributed by atoms with Crippen LogP contribution in [-0.2, 0) is 16.2 Å². The van der Waals surface area contributed by atoms with E-state index in [-0.39, 0.29) is 22.8 Å². The number of amides is 4. The maximum atomic E-state index is 13.0. The number of urea groups is 1. The van der Waals surface area contributed by atoms with E-state index in [1.807, 2.05) is 12.1 Å². The van der Waals surface area contributed by atoms with E-state index in [2.05, 4.69) is 5.32 Å². The Bertz CT molecular complexity index is 1290. The van der Waals surface area contributed by atoms with Gasteiger partial charge in [0.05, 0.1) is 12.8 Å². The fraction of sp³-hybridized carbons (Fsp3) is 0.0800. The minimum Gasteiger partial charge on any atom is -0.504 e. The molecular formula is C25H19ClN2O6. The molecule has 172 valence electrons. The summed E-state index contributed by atoms with van der Waals surface area (Å²) in [5, 5.41) is 12.6. The first-order valence-electron chi connectivity index (χ1n) is 10.1. The monoisotopic (exact) mass is 478 g/mol. The zero-order valence-electron chi connectivity index (χ0n) is 17.9. The van der Waals surface area contributed by atoms with E-state index < -0.39 is 17.8 Å². The van der Waals surface area contributed by atoms with Crippen LogP contribution in [0.4, 0.5) is 10.5 Å². The number of carbonyl (C=O) groups is 3. The van der Waals surface area contributed by atoms with Crippen molar-refractivity contribution in [1.82, 2.24) is 5.32 Å². The highest BCUT2D eigenvalue weighted by molar-refractivity contribution is 6.39. The maximum absolute atomic E-state index is 13.0. The van der Waals surface area contributed by atoms with Crippen molar-refractivity contribution in [3.05, 3.63) is 88.5 Å². The molecule has 9 heteroatoms. The quantitative estimate of drug-likeness (QED) is 0.404. The molecule has 0 unspecified atom stereocenters. The van der Waals surface area contributed by atoms with Crippen molar-refractivity contribution in [3.8, 4) is 17.2 Å². The lowest BCUT2D eigenvalue weighted by Crippen LogP contribution is -2.54. The van der Waals surface area contributed by atoms with Gasteiger partial charge in [0.15, 0.2) is 11.5 Å². The first kappa shape index (κ1) is 22.9. The SMILES string of the molecule is COc1cc(/C=C2\C(=O)NC(=O)N(c3ccc(OCc4ccc(Cl)cc4)cc3)C2=O)ccc1O. The molecule has 2 N–H and O–H groups in total. The number of phenolic OH excluding ortho intramolecular Hbond substituents is 1. The number of aromatic hydroxyl groups is 1. The fourth-order valence-electron chi connectivity index (χ4n) is 3.28. The summed E-state index contributed by atoms with van der Waals surface area (Å²) in [6.45, 7) is 0.317. The Morgan fingerprint density at radius 2 is 1.71 bits per heavy atom. The molecule has 1 aliphatic heterocycles. The summed E-state index contributed by atoms with van der Waals surface area (Å²) in [7, 11) is 1.38. The van der Waals surface area contributed by atoms with Crippen LogP contribution in [0.1, 0.15) is 11.1 Å². The predicted molar refractivity (Wildman–Crippen MR) is 126 cm³/mol. The summed E-state index contributed by atoms with van der Waals surface area (Å²) in [6.07, 6.45) is 1.32. The van der Waals surface area contributed by atoms with Crippen LogP contribution in [0.5, 0.6) is 17.2 Å². The number of hydrogen-bond acceptors (Lipinski definition) is 6. The number of hydrogen-bond donors (Lipinski definition) is 2. The van der Waals surface area contributed by atoms with Crippen LogP contribution in [0.3, 0.4) is 0 Å². The molecule has 1 fully saturated rings. The largest absolute Gasteiger partial charge is 0.504 e. The van der Waals surface area contributed by atoms with Crippen LogP contribution >= 0.6 is 11.6 Å². The molecule has 1 saturated heterocycles. The number of rotatable bonds is 6. The van der Waals surface area contributed by atoms with E-state index in [9.17, 15) is 19.5 Å². The van der Waals surface area contributed by atoms with Gasteiger partial charge < -0.3 is 14.6 Å². The van der Waals surface area contributed by atoms with Crippen molar-refractivity contribution in [1.29, 1.82) is 0 Å². The third-order valence-electron chi connectivity index (χ3n) is 5.03. The van der Waals surface area contributed by atoms with E-state index in [1.165, 1.54) is 31.4 Å². The molecule has 0 spiro atoms. The highest BCUT2D eigenvalue weighted by atomic mass is 35.5. The Morgan fingerprint density at radius 3 is 2.38 bits per heavy atom. The first-order chi connectivity index (χ1) is 16.4. The van der Waals surface area contributed by atoms with E-state index >= 15 is 0 Å². The topological polar surface area (TPSA) is 105 Å². The average molecular weight is 479 g/mol. The molecule has 0 radical (unpaired) electrons. The zero-order chi connectivity index (χ0) is 24.2. The third-order valence-corrected chi connectivity index (χ3v) is 5.28. The number of methoxy groups -OCH3 is 1. The lowest BCUT2D eigenvalue weighted by atomic mass is 10.1. The molecule has 4 amide bonds. The number of barbiturate groups is 1. The Kier molecular flexibility index (Phi) is 6.51. The normalized spacial score (nSPS) is 14.8. The zero-order valence-corrected chi connectivity index (χ0v) is 18.7. The Morgan fingerprint density at radius 1 is 1.00 bits per heavy atom. The summed E-state index contributed by atoms with van der Waals surface area (Å²) in [5.74, 6) is -0.970. The standard InChI is InChI=1S/C25H19ClN2O6/c1-33-22-13-16(4-11-21(22)29)12-20-23(30)27-25(32)28(24(20)31)18-7-9-19(10-8-18)34-14-15-2-5-17(26)6-3-15/h2-13,29H,14H2,1H3,(H,27,30,32)/b20-12+. The summed E-state index contributed by atoms with van der Waals surface area (Å²) in [6, 6.07) is 17.1. The molecular weight excluding hydrogens is 460 g/mol. The van der Waals surface area contributed by atoms with Gasteiger partial charge in [0, 0.05) is 5.02 Å². The Hall–Kier alpha value is -4.30.